The first-order valence-corrected chi connectivity index (χ1v) is 8.46. The van der Waals surface area contributed by atoms with Gasteiger partial charge in [0.25, 0.3) is 5.91 Å². The van der Waals surface area contributed by atoms with Crippen molar-refractivity contribution in [3.8, 4) is 5.75 Å². The molecule has 2 fully saturated rings. The third-order valence-electron chi connectivity index (χ3n) is 5.00. The van der Waals surface area contributed by atoms with Gasteiger partial charge in [-0.1, -0.05) is 0 Å². The Kier molecular flexibility index (Phi) is 5.06. The van der Waals surface area contributed by atoms with Gasteiger partial charge in [0.05, 0.1) is 7.11 Å². The molecule has 2 heterocycles. The summed E-state index contributed by atoms with van der Waals surface area (Å²) in [5.74, 6) is 1.04. The lowest BCUT2D eigenvalue weighted by molar-refractivity contribution is -0.142. The predicted octanol–water partition coefficient (Wildman–Crippen LogP) is 2.30. The molecule has 0 spiro atoms. The molecule has 23 heavy (non-hydrogen) atoms. The van der Waals surface area contributed by atoms with E-state index in [9.17, 15) is 4.79 Å². The van der Waals surface area contributed by atoms with Gasteiger partial charge in [0.2, 0.25) is 0 Å². The van der Waals surface area contributed by atoms with Crippen LogP contribution in [0, 0.1) is 0 Å². The van der Waals surface area contributed by atoms with Gasteiger partial charge in [0.15, 0.2) is 0 Å². The maximum absolute atomic E-state index is 12.4. The number of nitrogens with zero attached hydrogens (tertiary/aromatic N) is 2. The van der Waals surface area contributed by atoms with E-state index in [4.69, 9.17) is 9.47 Å². The molecular formula is C18H26N2O3. The summed E-state index contributed by atoms with van der Waals surface area (Å²) < 4.78 is 10.7. The molecular weight excluding hydrogens is 292 g/mol. The third kappa shape index (κ3) is 3.61. The molecule has 0 bridgehead atoms. The summed E-state index contributed by atoms with van der Waals surface area (Å²) in [5.41, 5.74) is 1.22. The molecule has 1 unspecified atom stereocenters. The van der Waals surface area contributed by atoms with Crippen LogP contribution in [0.3, 0.4) is 0 Å². The van der Waals surface area contributed by atoms with Crippen LogP contribution in [-0.2, 0) is 9.53 Å². The second-order valence-electron chi connectivity index (χ2n) is 6.37. The van der Waals surface area contributed by atoms with Gasteiger partial charge in [-0.15, -0.1) is 0 Å². The monoisotopic (exact) mass is 318 g/mol. The molecule has 3 rings (SSSR count). The Morgan fingerprint density at radius 3 is 2.48 bits per heavy atom. The van der Waals surface area contributed by atoms with Crippen LogP contribution >= 0.6 is 0 Å². The topological polar surface area (TPSA) is 42.0 Å². The van der Waals surface area contributed by atoms with Gasteiger partial charge in [0, 0.05) is 38.5 Å². The zero-order valence-electron chi connectivity index (χ0n) is 14.0. The van der Waals surface area contributed by atoms with E-state index in [1.807, 2.05) is 24.1 Å². The number of benzene rings is 1. The molecule has 1 amide bonds. The molecule has 2 aliphatic heterocycles. The standard InChI is InChI=1S/C18H26N2O3/c1-19(18(21)17-4-3-13-23-17)14-9-11-20(12-10-14)15-5-7-16(22-2)8-6-15/h5-8,14,17H,3-4,9-13H2,1-2H3. The maximum atomic E-state index is 12.4. The Morgan fingerprint density at radius 2 is 1.91 bits per heavy atom. The van der Waals surface area contributed by atoms with E-state index in [-0.39, 0.29) is 12.0 Å². The summed E-state index contributed by atoms with van der Waals surface area (Å²) >= 11 is 0. The third-order valence-corrected chi connectivity index (χ3v) is 5.00. The van der Waals surface area contributed by atoms with E-state index in [0.717, 1.165) is 51.1 Å². The average Bonchev–Trinajstić information content (AvgIpc) is 3.15. The van der Waals surface area contributed by atoms with Crippen molar-refractivity contribution in [2.24, 2.45) is 0 Å². The van der Waals surface area contributed by atoms with E-state index in [2.05, 4.69) is 17.0 Å². The minimum atomic E-state index is -0.209. The van der Waals surface area contributed by atoms with E-state index >= 15 is 0 Å². The van der Waals surface area contributed by atoms with Crippen LogP contribution in [0.25, 0.3) is 0 Å². The Hall–Kier alpha value is -1.75. The lowest BCUT2D eigenvalue weighted by atomic mass is 10.0. The first-order chi connectivity index (χ1) is 11.2. The highest BCUT2D eigenvalue weighted by Crippen LogP contribution is 2.25. The highest BCUT2D eigenvalue weighted by Gasteiger charge is 2.31. The lowest BCUT2D eigenvalue weighted by Crippen LogP contribution is -2.48. The average molecular weight is 318 g/mol. The molecule has 5 heteroatoms. The van der Waals surface area contributed by atoms with Crippen LogP contribution in [0.15, 0.2) is 24.3 Å². The number of hydrogen-bond donors (Lipinski definition) is 0. The van der Waals surface area contributed by atoms with Crippen molar-refractivity contribution >= 4 is 11.6 Å². The van der Waals surface area contributed by atoms with Gasteiger partial charge in [-0.25, -0.2) is 0 Å². The number of likely N-dealkylation sites (N-methyl/N-ethyl adjacent to an activating group) is 1. The Labute approximate surface area is 138 Å². The molecule has 0 radical (unpaired) electrons. The van der Waals surface area contributed by atoms with E-state index in [0.29, 0.717) is 6.04 Å². The predicted molar refractivity (Wildman–Crippen MR) is 90.0 cm³/mol. The van der Waals surface area contributed by atoms with E-state index in [1.54, 1.807) is 7.11 Å². The van der Waals surface area contributed by atoms with Gasteiger partial charge in [-0.3, -0.25) is 4.79 Å². The van der Waals surface area contributed by atoms with Gasteiger partial charge < -0.3 is 19.3 Å². The highest BCUT2D eigenvalue weighted by molar-refractivity contribution is 5.81. The van der Waals surface area contributed by atoms with Crippen molar-refractivity contribution in [2.45, 2.75) is 37.8 Å². The second kappa shape index (κ2) is 7.21. The molecule has 1 aromatic carbocycles. The molecule has 0 N–H and O–H groups in total. The van der Waals surface area contributed by atoms with Crippen LogP contribution in [0.4, 0.5) is 5.69 Å². The zero-order chi connectivity index (χ0) is 16.2. The van der Waals surface area contributed by atoms with Gasteiger partial charge in [0.1, 0.15) is 11.9 Å². The fourth-order valence-corrected chi connectivity index (χ4v) is 3.48. The zero-order valence-corrected chi connectivity index (χ0v) is 14.0. The number of anilines is 1. The Bertz CT molecular complexity index is 518. The molecule has 0 saturated carbocycles. The summed E-state index contributed by atoms with van der Waals surface area (Å²) in [6.07, 6.45) is 3.66. The number of rotatable bonds is 4. The molecule has 1 aromatic rings. The van der Waals surface area contributed by atoms with Gasteiger partial charge in [-0.2, -0.15) is 0 Å². The van der Waals surface area contributed by atoms with Crippen LogP contribution in [0.1, 0.15) is 25.7 Å². The number of hydrogen-bond acceptors (Lipinski definition) is 4. The first kappa shape index (κ1) is 16.1. The van der Waals surface area contributed by atoms with Gasteiger partial charge >= 0.3 is 0 Å². The normalized spacial score (nSPS) is 22.2. The molecule has 2 aliphatic rings. The largest absolute Gasteiger partial charge is 0.497 e. The summed E-state index contributed by atoms with van der Waals surface area (Å²) in [5, 5.41) is 0. The van der Waals surface area contributed by atoms with Crippen LogP contribution in [0.2, 0.25) is 0 Å². The van der Waals surface area contributed by atoms with Crippen molar-refractivity contribution in [3.05, 3.63) is 24.3 Å². The molecule has 2 saturated heterocycles. The molecule has 1 atom stereocenters. The Balaban J connectivity index is 1.53. The minimum Gasteiger partial charge on any atom is -0.497 e. The van der Waals surface area contributed by atoms with E-state index < -0.39 is 0 Å². The summed E-state index contributed by atoms with van der Waals surface area (Å²) in [6.45, 7) is 2.67. The fraction of sp³-hybridized carbons (Fsp3) is 0.611. The second-order valence-corrected chi connectivity index (χ2v) is 6.37. The number of amides is 1. The smallest absolute Gasteiger partial charge is 0.251 e. The quantitative estimate of drug-likeness (QED) is 0.854. The van der Waals surface area contributed by atoms with Crippen LogP contribution < -0.4 is 9.64 Å². The summed E-state index contributed by atoms with van der Waals surface area (Å²) in [4.78, 5) is 16.7. The SMILES string of the molecule is COc1ccc(N2CCC(N(C)C(=O)C3CCCO3)CC2)cc1. The Morgan fingerprint density at radius 1 is 1.22 bits per heavy atom. The summed E-state index contributed by atoms with van der Waals surface area (Å²) in [7, 11) is 3.61. The molecule has 126 valence electrons. The maximum Gasteiger partial charge on any atom is 0.251 e. The number of carbonyl (C=O) groups excluding carboxylic acids is 1. The minimum absolute atomic E-state index is 0.158. The van der Waals surface area contributed by atoms with E-state index in [1.165, 1.54) is 5.69 Å². The van der Waals surface area contributed by atoms with Crippen molar-refractivity contribution in [3.63, 3.8) is 0 Å². The van der Waals surface area contributed by atoms with Crippen molar-refractivity contribution in [1.29, 1.82) is 0 Å². The number of carbonyl (C=O) groups is 1. The van der Waals surface area contributed by atoms with Crippen molar-refractivity contribution in [2.75, 3.05) is 38.8 Å². The highest BCUT2D eigenvalue weighted by atomic mass is 16.5. The number of methoxy groups -OCH3 is 1. The fourth-order valence-electron chi connectivity index (χ4n) is 3.48. The first-order valence-electron chi connectivity index (χ1n) is 8.46. The van der Waals surface area contributed by atoms with Crippen molar-refractivity contribution < 1.29 is 14.3 Å². The van der Waals surface area contributed by atoms with Crippen LogP contribution in [-0.4, -0.2) is 56.8 Å². The number of ether oxygens (including phenoxy) is 2. The summed E-state index contributed by atoms with van der Waals surface area (Å²) in [6, 6.07) is 8.50. The molecule has 0 aliphatic carbocycles. The van der Waals surface area contributed by atoms with Crippen LogP contribution in [0.5, 0.6) is 5.75 Å². The molecule has 0 aromatic heterocycles. The lowest BCUT2D eigenvalue weighted by Gasteiger charge is -2.38. The molecule has 5 nitrogen and oxygen atoms in total. The number of piperidine rings is 1. The van der Waals surface area contributed by atoms with Gasteiger partial charge in [-0.05, 0) is 49.9 Å². The van der Waals surface area contributed by atoms with Crippen molar-refractivity contribution in [1.82, 2.24) is 4.90 Å².